The number of fused-ring (bicyclic) bond motifs is 1. The van der Waals surface area contributed by atoms with Crippen molar-refractivity contribution in [1.29, 1.82) is 0 Å². The largest absolute Gasteiger partial charge is 0.494 e. The molecule has 0 N–H and O–H groups in total. The van der Waals surface area contributed by atoms with Crippen LogP contribution in [0.4, 0.5) is 0 Å². The number of halogens is 1. The molecular weight excluding hydrogens is 428 g/mol. The van der Waals surface area contributed by atoms with E-state index in [2.05, 4.69) is 9.80 Å². The summed E-state index contributed by atoms with van der Waals surface area (Å²) in [5.41, 5.74) is 1.79. The zero-order valence-electron chi connectivity index (χ0n) is 18.9. The summed E-state index contributed by atoms with van der Waals surface area (Å²) in [6.45, 7) is 4.48. The van der Waals surface area contributed by atoms with E-state index in [1.807, 2.05) is 42.5 Å². The van der Waals surface area contributed by atoms with Crippen molar-refractivity contribution in [3.05, 3.63) is 53.6 Å². The number of carbonyl (C=O) groups is 1. The highest BCUT2D eigenvalue weighted by atomic mass is 35.5. The second kappa shape index (κ2) is 11.4. The molecule has 1 atom stereocenters. The number of para-hydroxylation sites is 1. The second-order valence-electron chi connectivity index (χ2n) is 8.22. The maximum atomic E-state index is 13.3. The van der Waals surface area contributed by atoms with Gasteiger partial charge in [0.25, 0.3) is 5.91 Å². The molecule has 4 rings (SSSR count). The number of hydrogen-bond acceptors (Lipinski definition) is 5. The fourth-order valence-electron chi connectivity index (χ4n) is 4.66. The molecule has 0 aromatic heterocycles. The maximum absolute atomic E-state index is 13.3. The van der Waals surface area contributed by atoms with Crippen molar-refractivity contribution in [3.8, 4) is 17.2 Å². The van der Waals surface area contributed by atoms with Crippen molar-refractivity contribution in [2.75, 3.05) is 47.0 Å². The number of carbonyl (C=O) groups excluding carboxylic acids is 1. The molecule has 32 heavy (non-hydrogen) atoms. The summed E-state index contributed by atoms with van der Waals surface area (Å²) in [5, 5.41) is 0. The van der Waals surface area contributed by atoms with Gasteiger partial charge in [-0.15, -0.1) is 12.4 Å². The molecule has 2 aromatic rings. The van der Waals surface area contributed by atoms with Crippen LogP contribution in [-0.2, 0) is 6.42 Å². The molecule has 0 saturated carbocycles. The van der Waals surface area contributed by atoms with E-state index in [1.54, 1.807) is 14.2 Å². The average Bonchev–Trinajstić information content (AvgIpc) is 2.82. The minimum atomic E-state index is 0. The van der Waals surface area contributed by atoms with Crippen LogP contribution in [0.3, 0.4) is 0 Å². The van der Waals surface area contributed by atoms with Gasteiger partial charge < -0.3 is 24.0 Å². The molecule has 174 valence electrons. The first-order valence-electron chi connectivity index (χ1n) is 11.2. The van der Waals surface area contributed by atoms with Gasteiger partial charge in [-0.05, 0) is 62.1 Å². The highest BCUT2D eigenvalue weighted by Gasteiger charge is 2.33. The van der Waals surface area contributed by atoms with Gasteiger partial charge in [-0.3, -0.25) is 4.79 Å². The van der Waals surface area contributed by atoms with E-state index < -0.39 is 0 Å². The normalized spacial score (nSPS) is 18.5. The highest BCUT2D eigenvalue weighted by Crippen LogP contribution is 2.34. The van der Waals surface area contributed by atoms with Crippen molar-refractivity contribution in [1.82, 2.24) is 9.80 Å². The lowest BCUT2D eigenvalue weighted by atomic mass is 9.94. The van der Waals surface area contributed by atoms with Crippen LogP contribution in [-0.4, -0.2) is 68.8 Å². The standard InChI is InChI=1S/C25H32N2O4.ClH/c1-29-23-16-19-11-14-27(25(28)22(19)17-24(23)30-2)20-8-6-12-26(18-20)13-7-15-31-21-9-4-3-5-10-21;/h3-5,9-10,16-17,20H,6-8,11-15,18H2,1-2H3;1H. The van der Waals surface area contributed by atoms with Crippen LogP contribution in [0, 0.1) is 0 Å². The molecule has 2 aliphatic rings. The van der Waals surface area contributed by atoms with E-state index in [-0.39, 0.29) is 24.4 Å². The van der Waals surface area contributed by atoms with Crippen LogP contribution >= 0.6 is 12.4 Å². The Morgan fingerprint density at radius 2 is 1.78 bits per heavy atom. The van der Waals surface area contributed by atoms with Gasteiger partial charge in [0.1, 0.15) is 5.75 Å². The lowest BCUT2D eigenvalue weighted by molar-refractivity contribution is 0.0517. The number of amides is 1. The molecule has 1 amide bonds. The lowest BCUT2D eigenvalue weighted by Crippen LogP contribution is -2.52. The number of hydrogen-bond donors (Lipinski definition) is 0. The molecule has 0 radical (unpaired) electrons. The first-order valence-corrected chi connectivity index (χ1v) is 11.2. The fourth-order valence-corrected chi connectivity index (χ4v) is 4.66. The molecule has 2 aromatic carbocycles. The summed E-state index contributed by atoms with van der Waals surface area (Å²) in [7, 11) is 3.23. The molecule has 1 saturated heterocycles. The topological polar surface area (TPSA) is 51.2 Å². The molecule has 7 heteroatoms. The lowest BCUT2D eigenvalue weighted by Gasteiger charge is -2.41. The summed E-state index contributed by atoms with van der Waals surface area (Å²) >= 11 is 0. The Kier molecular flexibility index (Phi) is 8.65. The minimum Gasteiger partial charge on any atom is -0.494 e. The fraction of sp³-hybridized carbons (Fsp3) is 0.480. The number of ether oxygens (including phenoxy) is 3. The molecule has 1 unspecified atom stereocenters. The van der Waals surface area contributed by atoms with Gasteiger partial charge in [0, 0.05) is 31.2 Å². The second-order valence-corrected chi connectivity index (χ2v) is 8.22. The van der Waals surface area contributed by atoms with E-state index in [1.165, 1.54) is 0 Å². The quantitative estimate of drug-likeness (QED) is 0.556. The number of piperidine rings is 1. The molecule has 0 spiro atoms. The van der Waals surface area contributed by atoms with Crippen LogP contribution in [0.2, 0.25) is 0 Å². The summed E-state index contributed by atoms with van der Waals surface area (Å²) in [6, 6.07) is 14.0. The van der Waals surface area contributed by atoms with E-state index in [4.69, 9.17) is 14.2 Å². The first kappa shape index (κ1) is 24.2. The number of nitrogens with zero attached hydrogens (tertiary/aromatic N) is 2. The predicted molar refractivity (Wildman–Crippen MR) is 128 cm³/mol. The van der Waals surface area contributed by atoms with Gasteiger partial charge in [0.15, 0.2) is 11.5 Å². The zero-order valence-corrected chi connectivity index (χ0v) is 19.7. The van der Waals surface area contributed by atoms with Gasteiger partial charge in [-0.2, -0.15) is 0 Å². The maximum Gasteiger partial charge on any atom is 0.254 e. The Labute approximate surface area is 196 Å². The minimum absolute atomic E-state index is 0. The Morgan fingerprint density at radius 1 is 1.03 bits per heavy atom. The zero-order chi connectivity index (χ0) is 21.6. The van der Waals surface area contributed by atoms with Crippen molar-refractivity contribution in [2.45, 2.75) is 31.7 Å². The SMILES string of the molecule is COc1cc2c(cc1OC)C(=O)N(C1CCCN(CCCOc3ccccc3)C1)CC2.Cl. The Morgan fingerprint density at radius 3 is 2.53 bits per heavy atom. The Hall–Kier alpha value is -2.44. The van der Waals surface area contributed by atoms with E-state index in [0.717, 1.165) is 68.7 Å². The first-order chi connectivity index (χ1) is 15.2. The van der Waals surface area contributed by atoms with E-state index in [9.17, 15) is 4.79 Å². The van der Waals surface area contributed by atoms with Crippen LogP contribution in [0.5, 0.6) is 17.2 Å². The summed E-state index contributed by atoms with van der Waals surface area (Å²) in [5.74, 6) is 2.33. The molecule has 0 aliphatic carbocycles. The predicted octanol–water partition coefficient (Wildman–Crippen LogP) is 4.06. The number of benzene rings is 2. The van der Waals surface area contributed by atoms with E-state index >= 15 is 0 Å². The van der Waals surface area contributed by atoms with Crippen LogP contribution < -0.4 is 14.2 Å². The van der Waals surface area contributed by atoms with Crippen LogP contribution in [0.1, 0.15) is 35.2 Å². The Balaban J connectivity index is 0.00000289. The molecule has 2 aliphatic heterocycles. The van der Waals surface area contributed by atoms with E-state index in [0.29, 0.717) is 18.1 Å². The number of rotatable bonds is 8. The number of methoxy groups -OCH3 is 2. The molecule has 6 nitrogen and oxygen atoms in total. The highest BCUT2D eigenvalue weighted by molar-refractivity contribution is 5.97. The third-order valence-corrected chi connectivity index (χ3v) is 6.27. The van der Waals surface area contributed by atoms with Gasteiger partial charge in [0.05, 0.1) is 20.8 Å². The number of likely N-dealkylation sites (tertiary alicyclic amines) is 1. The van der Waals surface area contributed by atoms with Crippen LogP contribution in [0.15, 0.2) is 42.5 Å². The van der Waals surface area contributed by atoms with Crippen molar-refractivity contribution >= 4 is 18.3 Å². The molecular formula is C25H33ClN2O4. The molecule has 0 bridgehead atoms. The van der Waals surface area contributed by atoms with Crippen molar-refractivity contribution in [2.24, 2.45) is 0 Å². The third-order valence-electron chi connectivity index (χ3n) is 6.27. The summed E-state index contributed by atoms with van der Waals surface area (Å²) in [6.07, 6.45) is 4.01. The van der Waals surface area contributed by atoms with Crippen molar-refractivity contribution < 1.29 is 19.0 Å². The van der Waals surface area contributed by atoms with Gasteiger partial charge >= 0.3 is 0 Å². The van der Waals surface area contributed by atoms with Gasteiger partial charge in [-0.1, -0.05) is 18.2 Å². The summed E-state index contributed by atoms with van der Waals surface area (Å²) < 4.78 is 16.6. The molecule has 1 fully saturated rings. The monoisotopic (exact) mass is 460 g/mol. The van der Waals surface area contributed by atoms with Gasteiger partial charge in [-0.25, -0.2) is 0 Å². The average molecular weight is 461 g/mol. The summed E-state index contributed by atoms with van der Waals surface area (Å²) in [4.78, 5) is 17.8. The van der Waals surface area contributed by atoms with Gasteiger partial charge in [0.2, 0.25) is 0 Å². The smallest absolute Gasteiger partial charge is 0.254 e. The molecule has 2 heterocycles. The Bertz CT molecular complexity index is 893. The van der Waals surface area contributed by atoms with Crippen LogP contribution in [0.25, 0.3) is 0 Å². The van der Waals surface area contributed by atoms with Crippen molar-refractivity contribution in [3.63, 3.8) is 0 Å². The third kappa shape index (κ3) is 5.48.